The van der Waals surface area contributed by atoms with Crippen LogP contribution in [0.1, 0.15) is 22.5 Å². The van der Waals surface area contributed by atoms with E-state index in [4.69, 9.17) is 4.74 Å². The van der Waals surface area contributed by atoms with Crippen molar-refractivity contribution < 1.29 is 4.74 Å². The highest BCUT2D eigenvalue weighted by Gasteiger charge is 2.05. The predicted octanol–water partition coefficient (Wildman–Crippen LogP) is 2.79. The maximum Gasteiger partial charge on any atom is 0.0825 e. The van der Waals surface area contributed by atoms with Crippen LogP contribution >= 0.6 is 0 Å². The Morgan fingerprint density at radius 1 is 1.28 bits per heavy atom. The molecule has 2 rings (SSSR count). The van der Waals surface area contributed by atoms with Crippen molar-refractivity contribution in [1.82, 2.24) is 10.2 Å². The summed E-state index contributed by atoms with van der Waals surface area (Å²) in [4.78, 5) is 0. The molecule has 0 amide bonds. The molecule has 0 unspecified atom stereocenters. The van der Waals surface area contributed by atoms with E-state index < -0.39 is 0 Å². The van der Waals surface area contributed by atoms with Crippen LogP contribution in [0.25, 0.3) is 0 Å². The average molecular weight is 245 g/mol. The van der Waals surface area contributed by atoms with E-state index >= 15 is 0 Å². The van der Waals surface area contributed by atoms with Crippen molar-refractivity contribution in [2.24, 2.45) is 0 Å². The molecule has 2 N–H and O–H groups in total. The Morgan fingerprint density at radius 3 is 2.72 bits per heavy atom. The molecule has 0 saturated heterocycles. The van der Waals surface area contributed by atoms with Gasteiger partial charge in [0.2, 0.25) is 0 Å². The maximum absolute atomic E-state index is 5.14. The van der Waals surface area contributed by atoms with Gasteiger partial charge in [-0.25, -0.2) is 0 Å². The summed E-state index contributed by atoms with van der Waals surface area (Å²) in [7, 11) is 1.71. The first kappa shape index (κ1) is 12.6. The fraction of sp³-hybridized carbons (Fsp3) is 0.357. The van der Waals surface area contributed by atoms with Crippen molar-refractivity contribution in [3.05, 3.63) is 46.8 Å². The lowest BCUT2D eigenvalue weighted by atomic mass is 10.1. The third-order valence-corrected chi connectivity index (χ3v) is 2.90. The minimum atomic E-state index is 0.650. The number of hydrogen-bond acceptors (Lipinski definition) is 3. The molecule has 1 heterocycles. The number of hydrogen-bond donors (Lipinski definition) is 2. The molecule has 96 valence electrons. The van der Waals surface area contributed by atoms with Crippen LogP contribution in [0.3, 0.4) is 0 Å². The number of ether oxygens (including phenoxy) is 1. The molecule has 18 heavy (non-hydrogen) atoms. The molecule has 0 aliphatic heterocycles. The molecule has 2 aromatic rings. The number of nitrogens with zero attached hydrogens (tertiary/aromatic N) is 1. The molecule has 4 nitrogen and oxygen atoms in total. The Morgan fingerprint density at radius 2 is 2.06 bits per heavy atom. The van der Waals surface area contributed by atoms with Gasteiger partial charge in [-0.15, -0.1) is 0 Å². The summed E-state index contributed by atoms with van der Waals surface area (Å²) in [6, 6.07) is 8.39. The largest absolute Gasteiger partial charge is 0.380 e. The molecular weight excluding hydrogens is 226 g/mol. The summed E-state index contributed by atoms with van der Waals surface area (Å²) in [6.45, 7) is 5.45. The number of anilines is 1. The quantitative estimate of drug-likeness (QED) is 0.851. The maximum atomic E-state index is 5.14. The Hall–Kier alpha value is -1.81. The molecular formula is C14H19N3O. The van der Waals surface area contributed by atoms with Crippen LogP contribution in [0.4, 0.5) is 5.69 Å². The second kappa shape index (κ2) is 5.69. The van der Waals surface area contributed by atoms with Gasteiger partial charge in [0.25, 0.3) is 0 Å². The van der Waals surface area contributed by atoms with Gasteiger partial charge in [-0.05, 0) is 25.0 Å². The summed E-state index contributed by atoms with van der Waals surface area (Å²) < 4.78 is 5.14. The van der Waals surface area contributed by atoms with Crippen molar-refractivity contribution in [2.75, 3.05) is 12.4 Å². The van der Waals surface area contributed by atoms with Crippen molar-refractivity contribution in [2.45, 2.75) is 27.0 Å². The number of methoxy groups -OCH3 is 1. The summed E-state index contributed by atoms with van der Waals surface area (Å²) in [5.74, 6) is 0. The summed E-state index contributed by atoms with van der Waals surface area (Å²) in [5.41, 5.74) is 5.59. The summed E-state index contributed by atoms with van der Waals surface area (Å²) in [5, 5.41) is 10.6. The molecule has 0 atom stereocenters. The zero-order chi connectivity index (χ0) is 13.0. The van der Waals surface area contributed by atoms with Crippen molar-refractivity contribution in [3.63, 3.8) is 0 Å². The highest BCUT2D eigenvalue weighted by Crippen LogP contribution is 2.17. The minimum Gasteiger partial charge on any atom is -0.380 e. The van der Waals surface area contributed by atoms with E-state index in [1.165, 1.54) is 11.1 Å². The molecule has 0 fully saturated rings. The molecule has 1 aromatic heterocycles. The SMILES string of the molecule is COCc1cccc(CNc2c(C)n[nH]c2C)c1. The number of nitrogens with one attached hydrogen (secondary N) is 2. The van der Waals surface area contributed by atoms with Crippen LogP contribution in [0.5, 0.6) is 0 Å². The van der Waals surface area contributed by atoms with E-state index in [0.717, 1.165) is 23.6 Å². The second-order valence-corrected chi connectivity index (χ2v) is 4.42. The van der Waals surface area contributed by atoms with E-state index in [9.17, 15) is 0 Å². The smallest absolute Gasteiger partial charge is 0.0825 e. The molecule has 0 bridgehead atoms. The fourth-order valence-electron chi connectivity index (χ4n) is 2.00. The average Bonchev–Trinajstić information content (AvgIpc) is 2.68. The topological polar surface area (TPSA) is 49.9 Å². The third-order valence-electron chi connectivity index (χ3n) is 2.90. The molecule has 0 aliphatic carbocycles. The highest BCUT2D eigenvalue weighted by atomic mass is 16.5. The zero-order valence-corrected chi connectivity index (χ0v) is 11.1. The van der Waals surface area contributed by atoms with Gasteiger partial charge in [0, 0.05) is 13.7 Å². The van der Waals surface area contributed by atoms with Gasteiger partial charge in [-0.2, -0.15) is 5.10 Å². The van der Waals surface area contributed by atoms with E-state index in [-0.39, 0.29) is 0 Å². The number of aromatic nitrogens is 2. The summed E-state index contributed by atoms with van der Waals surface area (Å²) in [6.07, 6.45) is 0. The van der Waals surface area contributed by atoms with Gasteiger partial charge < -0.3 is 10.1 Å². The predicted molar refractivity (Wildman–Crippen MR) is 72.5 cm³/mol. The lowest BCUT2D eigenvalue weighted by Crippen LogP contribution is -2.02. The minimum absolute atomic E-state index is 0.650. The van der Waals surface area contributed by atoms with Gasteiger partial charge in [-0.1, -0.05) is 24.3 Å². The van der Waals surface area contributed by atoms with E-state index in [2.05, 4.69) is 39.8 Å². The normalized spacial score (nSPS) is 10.6. The van der Waals surface area contributed by atoms with Crippen LogP contribution in [0, 0.1) is 13.8 Å². The van der Waals surface area contributed by atoms with Crippen molar-refractivity contribution in [1.29, 1.82) is 0 Å². The lowest BCUT2D eigenvalue weighted by molar-refractivity contribution is 0.185. The number of benzene rings is 1. The van der Waals surface area contributed by atoms with Gasteiger partial charge in [0.1, 0.15) is 0 Å². The number of H-pyrrole nitrogens is 1. The number of aromatic amines is 1. The molecule has 0 aliphatic rings. The second-order valence-electron chi connectivity index (χ2n) is 4.42. The summed E-state index contributed by atoms with van der Waals surface area (Å²) >= 11 is 0. The van der Waals surface area contributed by atoms with E-state index in [1.807, 2.05) is 13.8 Å². The van der Waals surface area contributed by atoms with E-state index in [0.29, 0.717) is 6.61 Å². The number of rotatable bonds is 5. The molecule has 0 spiro atoms. The monoisotopic (exact) mass is 245 g/mol. The molecule has 1 aromatic carbocycles. The Bertz CT molecular complexity index is 500. The van der Waals surface area contributed by atoms with Gasteiger partial charge >= 0.3 is 0 Å². The Kier molecular flexibility index (Phi) is 3.99. The molecule has 4 heteroatoms. The Labute approximate surface area is 107 Å². The third kappa shape index (κ3) is 2.90. The Balaban J connectivity index is 2.04. The van der Waals surface area contributed by atoms with Crippen molar-refractivity contribution in [3.8, 4) is 0 Å². The van der Waals surface area contributed by atoms with Crippen LogP contribution < -0.4 is 5.32 Å². The molecule has 0 saturated carbocycles. The van der Waals surface area contributed by atoms with Gasteiger partial charge in [-0.3, -0.25) is 5.10 Å². The van der Waals surface area contributed by atoms with Crippen molar-refractivity contribution >= 4 is 5.69 Å². The van der Waals surface area contributed by atoms with Crippen LogP contribution in [0.2, 0.25) is 0 Å². The molecule has 0 radical (unpaired) electrons. The number of aryl methyl sites for hydroxylation is 2. The first-order valence-corrected chi connectivity index (χ1v) is 6.03. The van der Waals surface area contributed by atoms with E-state index in [1.54, 1.807) is 7.11 Å². The van der Waals surface area contributed by atoms with Gasteiger partial charge in [0.15, 0.2) is 0 Å². The lowest BCUT2D eigenvalue weighted by Gasteiger charge is -2.08. The van der Waals surface area contributed by atoms with Crippen LogP contribution in [-0.2, 0) is 17.9 Å². The van der Waals surface area contributed by atoms with Gasteiger partial charge in [0.05, 0.1) is 23.7 Å². The zero-order valence-electron chi connectivity index (χ0n) is 11.1. The first-order valence-electron chi connectivity index (χ1n) is 6.03. The first-order chi connectivity index (χ1) is 8.70. The van der Waals surface area contributed by atoms with Crippen LogP contribution in [-0.4, -0.2) is 17.3 Å². The van der Waals surface area contributed by atoms with Crippen LogP contribution in [0.15, 0.2) is 24.3 Å². The highest BCUT2D eigenvalue weighted by molar-refractivity contribution is 5.51. The standard InChI is InChI=1S/C14H19N3O/c1-10-14(11(2)17-16-10)15-8-12-5-4-6-13(7-12)9-18-3/h4-7,15H,8-9H2,1-3H3,(H,16,17). The fourth-order valence-corrected chi connectivity index (χ4v) is 2.00.